The molecule has 0 saturated carbocycles. The number of ether oxygens (including phenoxy) is 1. The zero-order valence-corrected chi connectivity index (χ0v) is 16.8. The van der Waals surface area contributed by atoms with Crippen molar-refractivity contribution in [3.8, 4) is 11.5 Å². The minimum atomic E-state index is -0.597. The van der Waals surface area contributed by atoms with Crippen LogP contribution in [0.2, 0.25) is 0 Å². The summed E-state index contributed by atoms with van der Waals surface area (Å²) in [6.45, 7) is 7.82. The van der Waals surface area contributed by atoms with Crippen molar-refractivity contribution in [3.05, 3.63) is 35.7 Å². The van der Waals surface area contributed by atoms with Gasteiger partial charge in [0.1, 0.15) is 17.1 Å². The van der Waals surface area contributed by atoms with Crippen molar-refractivity contribution in [1.29, 1.82) is 0 Å². The minimum Gasteiger partial charge on any atom is -0.444 e. The molecule has 0 aliphatic rings. The number of halogens is 1. The van der Waals surface area contributed by atoms with Gasteiger partial charge in [-0.3, -0.25) is 0 Å². The maximum atomic E-state index is 11.8. The van der Waals surface area contributed by atoms with Crippen LogP contribution in [0.5, 0.6) is 0 Å². The number of carbonyl (C=O) groups is 1. The van der Waals surface area contributed by atoms with E-state index < -0.39 is 17.8 Å². The number of aliphatic hydroxyl groups excluding tert-OH is 1. The summed E-state index contributed by atoms with van der Waals surface area (Å²) in [7, 11) is 0. The second-order valence-corrected chi connectivity index (χ2v) is 7.45. The lowest BCUT2D eigenvalue weighted by Gasteiger charge is -2.19. The Morgan fingerprint density at radius 2 is 2.00 bits per heavy atom. The van der Waals surface area contributed by atoms with Crippen LogP contribution in [0, 0.1) is 6.92 Å². The molecule has 1 heterocycles. The van der Waals surface area contributed by atoms with E-state index in [9.17, 15) is 9.90 Å². The highest BCUT2D eigenvalue weighted by Gasteiger charge is 2.17. The van der Waals surface area contributed by atoms with Crippen molar-refractivity contribution in [2.75, 3.05) is 17.7 Å². The number of alkyl carbamates (subject to hydrolysis) is 1. The third-order valence-corrected chi connectivity index (χ3v) is 3.90. The predicted octanol–water partition coefficient (Wildman–Crippen LogP) is 3.69. The Labute approximate surface area is 164 Å². The van der Waals surface area contributed by atoms with E-state index in [1.54, 1.807) is 27.7 Å². The summed E-state index contributed by atoms with van der Waals surface area (Å²) in [6.07, 6.45) is -1.10. The molecule has 0 radical (unpaired) electrons. The quantitative estimate of drug-likeness (QED) is 0.619. The number of nitrogens with zero attached hydrogens (tertiary/aromatic N) is 1. The van der Waals surface area contributed by atoms with Crippen LogP contribution in [0.3, 0.4) is 0 Å². The minimum absolute atomic E-state index is 0.181. The first kappa shape index (κ1) is 21.1. The van der Waals surface area contributed by atoms with Crippen molar-refractivity contribution in [2.24, 2.45) is 0 Å². The molecule has 8 heteroatoms. The number of rotatable bonds is 7. The molecule has 2 rings (SSSR count). The molecular weight excluding hydrogens is 370 g/mol. The van der Waals surface area contributed by atoms with Crippen LogP contribution in [0.15, 0.2) is 28.7 Å². The summed E-state index contributed by atoms with van der Waals surface area (Å²) in [5, 5.41) is 15.2. The van der Waals surface area contributed by atoms with Gasteiger partial charge in [0.2, 0.25) is 5.89 Å². The Kier molecular flexibility index (Phi) is 7.10. The van der Waals surface area contributed by atoms with Crippen molar-refractivity contribution in [2.45, 2.75) is 45.9 Å². The normalized spacial score (nSPS) is 12.5. The van der Waals surface area contributed by atoms with Crippen LogP contribution in [-0.4, -0.2) is 40.3 Å². The fraction of sp³-hybridized carbons (Fsp3) is 0.474. The maximum Gasteiger partial charge on any atom is 0.407 e. The van der Waals surface area contributed by atoms with Gasteiger partial charge in [0.25, 0.3) is 0 Å². The third-order valence-electron chi connectivity index (χ3n) is 3.54. The lowest BCUT2D eigenvalue weighted by atomic mass is 10.2. The van der Waals surface area contributed by atoms with Crippen LogP contribution in [-0.2, 0) is 11.3 Å². The van der Waals surface area contributed by atoms with Gasteiger partial charge in [-0.15, -0.1) is 11.6 Å². The van der Waals surface area contributed by atoms with Crippen LogP contribution in [0.25, 0.3) is 11.5 Å². The number of anilines is 1. The summed E-state index contributed by atoms with van der Waals surface area (Å²) >= 11 is 5.57. The van der Waals surface area contributed by atoms with E-state index in [-0.39, 0.29) is 12.4 Å². The average Bonchev–Trinajstić information content (AvgIpc) is 2.97. The number of oxazole rings is 1. The van der Waals surface area contributed by atoms with E-state index in [4.69, 9.17) is 20.8 Å². The average molecular weight is 396 g/mol. The van der Waals surface area contributed by atoms with Gasteiger partial charge in [-0.25, -0.2) is 9.78 Å². The standard InChI is InChI=1S/C19H26ClN3O4/c1-12-16(11-22-18(25)27-19(2,3)4)23-17(26-12)13-5-7-14(8-6-13)21-10-15(24)9-20/h5-8,15,21,24H,9-11H2,1-4H3,(H,22,25). The lowest BCUT2D eigenvalue weighted by molar-refractivity contribution is 0.0523. The highest BCUT2D eigenvalue weighted by atomic mass is 35.5. The van der Waals surface area contributed by atoms with Gasteiger partial charge in [-0.2, -0.15) is 0 Å². The largest absolute Gasteiger partial charge is 0.444 e. The SMILES string of the molecule is Cc1oc(-c2ccc(NCC(O)CCl)cc2)nc1CNC(=O)OC(C)(C)C. The first-order valence-electron chi connectivity index (χ1n) is 8.69. The van der Waals surface area contributed by atoms with Crippen molar-refractivity contribution in [3.63, 3.8) is 0 Å². The van der Waals surface area contributed by atoms with E-state index in [0.29, 0.717) is 23.9 Å². The summed E-state index contributed by atoms with van der Waals surface area (Å²) in [6, 6.07) is 7.47. The molecule has 0 fully saturated rings. The summed E-state index contributed by atoms with van der Waals surface area (Å²) in [4.78, 5) is 16.2. The van der Waals surface area contributed by atoms with Gasteiger partial charge in [0.15, 0.2) is 0 Å². The molecule has 0 bridgehead atoms. The maximum absolute atomic E-state index is 11.8. The fourth-order valence-electron chi connectivity index (χ4n) is 2.21. The van der Waals surface area contributed by atoms with Gasteiger partial charge in [-0.05, 0) is 52.0 Å². The highest BCUT2D eigenvalue weighted by Crippen LogP contribution is 2.23. The number of nitrogens with one attached hydrogen (secondary N) is 2. The molecule has 0 aliphatic carbocycles. The van der Waals surface area contributed by atoms with Crippen LogP contribution >= 0.6 is 11.6 Å². The van der Waals surface area contributed by atoms with E-state index in [1.165, 1.54) is 0 Å². The molecule has 1 aromatic carbocycles. The lowest BCUT2D eigenvalue weighted by Crippen LogP contribution is -2.32. The van der Waals surface area contributed by atoms with Crippen molar-refractivity contribution >= 4 is 23.4 Å². The summed E-state index contributed by atoms with van der Waals surface area (Å²) in [5.41, 5.74) is 1.76. The molecule has 1 atom stereocenters. The zero-order valence-electron chi connectivity index (χ0n) is 16.0. The molecule has 3 N–H and O–H groups in total. The Balaban J connectivity index is 1.98. The molecule has 1 amide bonds. The molecule has 148 valence electrons. The fourth-order valence-corrected chi connectivity index (χ4v) is 2.32. The first-order valence-corrected chi connectivity index (χ1v) is 9.23. The van der Waals surface area contributed by atoms with E-state index >= 15 is 0 Å². The van der Waals surface area contributed by atoms with E-state index in [1.807, 2.05) is 24.3 Å². The monoisotopic (exact) mass is 395 g/mol. The van der Waals surface area contributed by atoms with Crippen LogP contribution < -0.4 is 10.6 Å². The van der Waals surface area contributed by atoms with E-state index in [0.717, 1.165) is 11.3 Å². The molecule has 1 aromatic heterocycles. The van der Waals surface area contributed by atoms with Crippen molar-refractivity contribution < 1.29 is 19.1 Å². The van der Waals surface area contributed by atoms with Crippen molar-refractivity contribution in [1.82, 2.24) is 10.3 Å². The second kappa shape index (κ2) is 9.10. The first-order chi connectivity index (χ1) is 12.7. The molecule has 0 saturated heterocycles. The van der Waals surface area contributed by atoms with Gasteiger partial charge in [-0.1, -0.05) is 0 Å². The summed E-state index contributed by atoms with van der Waals surface area (Å²) in [5.74, 6) is 1.29. The second-order valence-electron chi connectivity index (χ2n) is 7.14. The summed E-state index contributed by atoms with van der Waals surface area (Å²) < 4.78 is 10.9. The molecule has 1 unspecified atom stereocenters. The Morgan fingerprint density at radius 1 is 1.33 bits per heavy atom. The Bertz CT molecular complexity index is 753. The van der Waals surface area contributed by atoms with Gasteiger partial charge in [0, 0.05) is 17.8 Å². The third kappa shape index (κ3) is 6.77. The smallest absolute Gasteiger partial charge is 0.407 e. The number of benzene rings is 1. The van der Waals surface area contributed by atoms with Gasteiger partial charge in [0.05, 0.1) is 18.5 Å². The number of amides is 1. The number of alkyl halides is 1. The molecular formula is C19H26ClN3O4. The number of aryl methyl sites for hydroxylation is 1. The number of hydrogen-bond donors (Lipinski definition) is 3. The molecule has 2 aromatic rings. The number of aromatic nitrogens is 1. The Hall–Kier alpha value is -2.25. The Morgan fingerprint density at radius 3 is 2.59 bits per heavy atom. The molecule has 0 spiro atoms. The topological polar surface area (TPSA) is 96.6 Å². The van der Waals surface area contributed by atoms with Crippen LogP contribution in [0.4, 0.5) is 10.5 Å². The molecule has 0 aliphatic heterocycles. The number of aliphatic hydroxyl groups is 1. The molecule has 7 nitrogen and oxygen atoms in total. The van der Waals surface area contributed by atoms with Gasteiger partial charge >= 0.3 is 6.09 Å². The number of hydrogen-bond acceptors (Lipinski definition) is 6. The predicted molar refractivity (Wildman–Crippen MR) is 105 cm³/mol. The molecule has 27 heavy (non-hydrogen) atoms. The van der Waals surface area contributed by atoms with Gasteiger partial charge < -0.3 is 24.9 Å². The zero-order chi connectivity index (χ0) is 20.0. The highest BCUT2D eigenvalue weighted by molar-refractivity contribution is 6.18. The number of carbonyl (C=O) groups excluding carboxylic acids is 1. The van der Waals surface area contributed by atoms with E-state index in [2.05, 4.69) is 15.6 Å². The van der Waals surface area contributed by atoms with Crippen LogP contribution in [0.1, 0.15) is 32.2 Å².